The van der Waals surface area contributed by atoms with Gasteiger partial charge in [0.2, 0.25) is 0 Å². The first kappa shape index (κ1) is 14.5. The molecule has 3 heteroatoms. The van der Waals surface area contributed by atoms with Crippen molar-refractivity contribution in [3.63, 3.8) is 0 Å². The van der Waals surface area contributed by atoms with Gasteiger partial charge in [0.05, 0.1) is 5.52 Å². The number of hydrogen-bond donors (Lipinski definition) is 2. The molecule has 1 heterocycles. The van der Waals surface area contributed by atoms with Gasteiger partial charge in [0.15, 0.2) is 5.82 Å². The Morgan fingerprint density at radius 3 is 2.19 bits per heavy atom. The molecule has 3 N–H and O–H groups in total. The fraction of sp³-hybridized carbons (Fsp3) is 0.462. The molecule has 1 aromatic carbocycles. The van der Waals surface area contributed by atoms with E-state index in [0.717, 1.165) is 10.9 Å². The summed E-state index contributed by atoms with van der Waals surface area (Å²) in [4.78, 5) is 0. The maximum atomic E-state index is 5.65. The van der Waals surface area contributed by atoms with E-state index >= 15 is 0 Å². The van der Waals surface area contributed by atoms with E-state index in [0.29, 0.717) is 5.82 Å². The number of aryl methyl sites for hydroxylation is 2. The van der Waals surface area contributed by atoms with E-state index in [2.05, 4.69) is 30.1 Å². The lowest BCUT2D eigenvalue weighted by Gasteiger charge is -1.99. The van der Waals surface area contributed by atoms with Crippen LogP contribution in [-0.2, 0) is 0 Å². The van der Waals surface area contributed by atoms with Crippen molar-refractivity contribution in [3.8, 4) is 0 Å². The van der Waals surface area contributed by atoms with E-state index in [1.807, 2.05) is 33.8 Å². The number of nitrogens with one attached hydrogen (secondary N) is 1. The molecule has 16 heavy (non-hydrogen) atoms. The Balaban J connectivity index is 0.000000509. The molecular weight excluding hydrogens is 198 g/mol. The van der Waals surface area contributed by atoms with Crippen molar-refractivity contribution in [3.05, 3.63) is 23.3 Å². The van der Waals surface area contributed by atoms with Gasteiger partial charge in [-0.15, -0.1) is 0 Å². The van der Waals surface area contributed by atoms with Gasteiger partial charge in [0.1, 0.15) is 0 Å². The summed E-state index contributed by atoms with van der Waals surface area (Å²) < 4.78 is 0. The van der Waals surface area contributed by atoms with Crippen molar-refractivity contribution in [1.29, 1.82) is 0 Å². The maximum Gasteiger partial charge on any atom is 0.153 e. The third-order valence-electron chi connectivity index (χ3n) is 2.30. The minimum atomic E-state index is 0.577. The van der Waals surface area contributed by atoms with Crippen LogP contribution in [0.3, 0.4) is 0 Å². The van der Waals surface area contributed by atoms with Gasteiger partial charge in [-0.25, -0.2) is 0 Å². The summed E-state index contributed by atoms with van der Waals surface area (Å²) in [7, 11) is 0. The van der Waals surface area contributed by atoms with Crippen LogP contribution < -0.4 is 5.73 Å². The van der Waals surface area contributed by atoms with Crippen molar-refractivity contribution >= 4 is 16.7 Å². The Kier molecular flexibility index (Phi) is 6.23. The van der Waals surface area contributed by atoms with E-state index in [9.17, 15) is 0 Å². The SMILES string of the molecule is CC.CC.Cc1ccc2c(N)n[nH]c2c1C. The van der Waals surface area contributed by atoms with Crippen molar-refractivity contribution in [2.45, 2.75) is 41.5 Å². The fourth-order valence-electron chi connectivity index (χ4n) is 1.35. The Labute approximate surface area is 98.1 Å². The number of rotatable bonds is 0. The number of anilines is 1. The van der Waals surface area contributed by atoms with Gasteiger partial charge >= 0.3 is 0 Å². The summed E-state index contributed by atoms with van der Waals surface area (Å²) in [5.41, 5.74) is 9.18. The van der Waals surface area contributed by atoms with Crippen LogP contribution >= 0.6 is 0 Å². The van der Waals surface area contributed by atoms with E-state index in [1.165, 1.54) is 11.1 Å². The standard InChI is InChI=1S/C9H11N3.2C2H6/c1-5-3-4-7-8(6(5)2)11-12-9(7)10;2*1-2/h3-4H,1-2H3,(H3,10,11,12);2*1-2H3. The summed E-state index contributed by atoms with van der Waals surface area (Å²) in [5.74, 6) is 0.577. The minimum Gasteiger partial charge on any atom is -0.382 e. The highest BCUT2D eigenvalue weighted by Gasteiger charge is 2.04. The van der Waals surface area contributed by atoms with Crippen LogP contribution in [0.25, 0.3) is 10.9 Å². The molecule has 3 nitrogen and oxygen atoms in total. The fourth-order valence-corrected chi connectivity index (χ4v) is 1.35. The predicted molar refractivity (Wildman–Crippen MR) is 72.7 cm³/mol. The molecule has 90 valence electrons. The van der Waals surface area contributed by atoms with Crippen LogP contribution in [0, 0.1) is 13.8 Å². The van der Waals surface area contributed by atoms with Gasteiger partial charge in [-0.1, -0.05) is 33.8 Å². The van der Waals surface area contributed by atoms with Gasteiger partial charge in [-0.3, -0.25) is 5.10 Å². The zero-order valence-corrected chi connectivity index (χ0v) is 11.2. The van der Waals surface area contributed by atoms with Crippen LogP contribution in [0.2, 0.25) is 0 Å². The predicted octanol–water partition coefficient (Wildman–Crippen LogP) is 3.81. The van der Waals surface area contributed by atoms with Crippen LogP contribution in [0.4, 0.5) is 5.82 Å². The highest BCUT2D eigenvalue weighted by molar-refractivity contribution is 5.91. The monoisotopic (exact) mass is 221 g/mol. The first-order valence-electron chi connectivity index (χ1n) is 5.90. The molecule has 0 aliphatic heterocycles. The Bertz CT molecular complexity index is 430. The van der Waals surface area contributed by atoms with Gasteiger partial charge in [0, 0.05) is 5.39 Å². The number of H-pyrrole nitrogens is 1. The summed E-state index contributed by atoms with van der Waals surface area (Å²) in [5, 5.41) is 7.88. The highest BCUT2D eigenvalue weighted by atomic mass is 15.1. The molecule has 2 rings (SSSR count). The van der Waals surface area contributed by atoms with Crippen LogP contribution in [0.5, 0.6) is 0 Å². The molecule has 0 saturated heterocycles. The van der Waals surface area contributed by atoms with Crippen molar-refractivity contribution in [2.75, 3.05) is 5.73 Å². The second-order valence-electron chi connectivity index (χ2n) is 3.04. The van der Waals surface area contributed by atoms with E-state index < -0.39 is 0 Å². The maximum absolute atomic E-state index is 5.65. The number of nitrogen functional groups attached to an aromatic ring is 1. The lowest BCUT2D eigenvalue weighted by Crippen LogP contribution is -1.84. The van der Waals surface area contributed by atoms with Crippen LogP contribution in [0.15, 0.2) is 12.1 Å². The highest BCUT2D eigenvalue weighted by Crippen LogP contribution is 2.22. The zero-order chi connectivity index (χ0) is 12.7. The molecule has 2 aromatic rings. The molecule has 0 unspecified atom stereocenters. The van der Waals surface area contributed by atoms with Gasteiger partial charge in [0.25, 0.3) is 0 Å². The summed E-state index contributed by atoms with van der Waals surface area (Å²) in [6, 6.07) is 4.06. The number of hydrogen-bond acceptors (Lipinski definition) is 2. The summed E-state index contributed by atoms with van der Waals surface area (Å²) in [6.07, 6.45) is 0. The molecular formula is C13H23N3. The number of aromatic amines is 1. The number of fused-ring (bicyclic) bond motifs is 1. The average Bonchev–Trinajstić information content (AvgIpc) is 2.72. The second-order valence-corrected chi connectivity index (χ2v) is 3.04. The van der Waals surface area contributed by atoms with Crippen molar-refractivity contribution in [1.82, 2.24) is 10.2 Å². The minimum absolute atomic E-state index is 0.577. The first-order chi connectivity index (χ1) is 7.70. The van der Waals surface area contributed by atoms with Gasteiger partial charge < -0.3 is 5.73 Å². The smallest absolute Gasteiger partial charge is 0.153 e. The number of nitrogens with zero attached hydrogens (tertiary/aromatic N) is 1. The largest absolute Gasteiger partial charge is 0.382 e. The zero-order valence-electron chi connectivity index (χ0n) is 11.2. The number of nitrogens with two attached hydrogens (primary N) is 1. The lowest BCUT2D eigenvalue weighted by atomic mass is 10.1. The first-order valence-corrected chi connectivity index (χ1v) is 5.90. The number of aromatic nitrogens is 2. The molecule has 0 aliphatic carbocycles. The van der Waals surface area contributed by atoms with Crippen molar-refractivity contribution < 1.29 is 0 Å². The Morgan fingerprint density at radius 2 is 1.62 bits per heavy atom. The molecule has 1 aromatic heterocycles. The molecule has 0 saturated carbocycles. The topological polar surface area (TPSA) is 54.7 Å². The molecule has 0 aliphatic rings. The normalized spacial score (nSPS) is 8.88. The quantitative estimate of drug-likeness (QED) is 0.710. The van der Waals surface area contributed by atoms with Gasteiger partial charge in [-0.05, 0) is 31.0 Å². The molecule has 0 bridgehead atoms. The van der Waals surface area contributed by atoms with E-state index in [1.54, 1.807) is 0 Å². The molecule has 0 amide bonds. The third kappa shape index (κ3) is 2.75. The summed E-state index contributed by atoms with van der Waals surface area (Å²) in [6.45, 7) is 12.1. The van der Waals surface area contributed by atoms with E-state index in [-0.39, 0.29) is 0 Å². The van der Waals surface area contributed by atoms with Crippen molar-refractivity contribution in [2.24, 2.45) is 0 Å². The van der Waals surface area contributed by atoms with E-state index in [4.69, 9.17) is 5.73 Å². The molecule has 0 fully saturated rings. The number of benzene rings is 1. The van der Waals surface area contributed by atoms with Crippen LogP contribution in [0.1, 0.15) is 38.8 Å². The summed E-state index contributed by atoms with van der Waals surface area (Å²) >= 11 is 0. The van der Waals surface area contributed by atoms with Gasteiger partial charge in [-0.2, -0.15) is 5.10 Å². The third-order valence-corrected chi connectivity index (χ3v) is 2.30. The lowest BCUT2D eigenvalue weighted by molar-refractivity contribution is 1.12. The second kappa shape index (κ2) is 6.88. The van der Waals surface area contributed by atoms with Crippen LogP contribution in [-0.4, -0.2) is 10.2 Å². The molecule has 0 radical (unpaired) electrons. The Hall–Kier alpha value is -1.51. The molecule has 0 spiro atoms. The molecule has 0 atom stereocenters. The average molecular weight is 221 g/mol. The Morgan fingerprint density at radius 1 is 1.06 bits per heavy atom.